The van der Waals surface area contributed by atoms with Crippen LogP contribution in [0.25, 0.3) is 0 Å². The summed E-state index contributed by atoms with van der Waals surface area (Å²) in [6, 6.07) is 8.46. The van der Waals surface area contributed by atoms with Gasteiger partial charge in [0.05, 0.1) is 5.92 Å². The van der Waals surface area contributed by atoms with Crippen LogP contribution in [0.3, 0.4) is 0 Å². The zero-order valence-electron chi connectivity index (χ0n) is 15.6. The quantitative estimate of drug-likeness (QED) is 0.846. The molecule has 6 nitrogen and oxygen atoms in total. The minimum atomic E-state index is -0.166. The van der Waals surface area contributed by atoms with Crippen LogP contribution in [0.1, 0.15) is 31.7 Å². The van der Waals surface area contributed by atoms with Gasteiger partial charge in [0, 0.05) is 51.4 Å². The molecular weight excluding hydrogens is 328 g/mol. The van der Waals surface area contributed by atoms with Gasteiger partial charge in [-0.2, -0.15) is 0 Å². The number of carbonyl (C=O) groups is 2. The number of benzene rings is 1. The van der Waals surface area contributed by atoms with Crippen molar-refractivity contribution in [1.82, 2.24) is 10.2 Å². The number of carbonyl (C=O) groups excluding carboxylic acids is 2. The maximum absolute atomic E-state index is 12.6. The van der Waals surface area contributed by atoms with Crippen molar-refractivity contribution in [2.75, 3.05) is 37.6 Å². The van der Waals surface area contributed by atoms with E-state index in [1.807, 2.05) is 0 Å². The van der Waals surface area contributed by atoms with E-state index in [0.29, 0.717) is 19.6 Å². The van der Waals surface area contributed by atoms with Crippen LogP contribution in [0.4, 0.5) is 5.69 Å². The fourth-order valence-electron chi connectivity index (χ4n) is 3.99. The number of hydrogen-bond acceptors (Lipinski definition) is 4. The molecule has 1 aromatic rings. The monoisotopic (exact) mass is 358 g/mol. The topological polar surface area (TPSA) is 78.7 Å². The molecule has 6 heteroatoms. The van der Waals surface area contributed by atoms with E-state index in [2.05, 4.69) is 34.5 Å². The van der Waals surface area contributed by atoms with Crippen LogP contribution in [0.15, 0.2) is 24.3 Å². The second-order valence-corrected chi connectivity index (χ2v) is 7.47. The standard InChI is InChI=1S/C20H30N4O2/c1-15(25)24-13-17(8-9-18(21)14-24)20(26)22-10-12-23-11-4-6-16-5-2-3-7-19(16)23/h2-3,5,7,17-18H,4,6,8-14,21H2,1H3,(H,22,26)/t17-,18+/m1/s1. The van der Waals surface area contributed by atoms with Crippen LogP contribution < -0.4 is 16.0 Å². The van der Waals surface area contributed by atoms with Crippen molar-refractivity contribution in [1.29, 1.82) is 0 Å². The highest BCUT2D eigenvalue weighted by molar-refractivity contribution is 5.80. The van der Waals surface area contributed by atoms with Crippen molar-refractivity contribution in [3.05, 3.63) is 29.8 Å². The molecule has 0 aliphatic carbocycles. The molecule has 0 unspecified atom stereocenters. The van der Waals surface area contributed by atoms with Crippen molar-refractivity contribution >= 4 is 17.5 Å². The predicted molar refractivity (Wildman–Crippen MR) is 103 cm³/mol. The van der Waals surface area contributed by atoms with Gasteiger partial charge in [-0.1, -0.05) is 18.2 Å². The van der Waals surface area contributed by atoms with Gasteiger partial charge in [0.2, 0.25) is 11.8 Å². The average Bonchev–Trinajstić information content (AvgIpc) is 2.84. The normalized spacial score (nSPS) is 23.2. The van der Waals surface area contributed by atoms with Crippen molar-refractivity contribution in [2.24, 2.45) is 11.7 Å². The molecule has 3 rings (SSSR count). The summed E-state index contributed by atoms with van der Waals surface area (Å²) in [5, 5.41) is 3.07. The lowest BCUT2D eigenvalue weighted by molar-refractivity contribution is -0.131. The number of nitrogens with one attached hydrogen (secondary N) is 1. The molecular formula is C20H30N4O2. The molecule has 0 spiro atoms. The third kappa shape index (κ3) is 4.55. The number of nitrogens with two attached hydrogens (primary N) is 1. The Morgan fingerprint density at radius 2 is 2.04 bits per heavy atom. The Labute approximate surface area is 155 Å². The number of likely N-dealkylation sites (tertiary alicyclic amines) is 1. The Morgan fingerprint density at radius 3 is 2.85 bits per heavy atom. The fourth-order valence-corrected chi connectivity index (χ4v) is 3.99. The number of hydrogen-bond donors (Lipinski definition) is 2. The van der Waals surface area contributed by atoms with Crippen LogP contribution in [-0.2, 0) is 16.0 Å². The largest absolute Gasteiger partial charge is 0.370 e. The molecule has 2 aliphatic rings. The Morgan fingerprint density at radius 1 is 1.23 bits per heavy atom. The van der Waals surface area contributed by atoms with Crippen LogP contribution in [-0.4, -0.2) is 55.5 Å². The minimum absolute atomic E-state index is 0.00919. The van der Waals surface area contributed by atoms with Gasteiger partial charge in [-0.3, -0.25) is 9.59 Å². The smallest absolute Gasteiger partial charge is 0.224 e. The van der Waals surface area contributed by atoms with Gasteiger partial charge in [-0.15, -0.1) is 0 Å². The Hall–Kier alpha value is -2.08. The van der Waals surface area contributed by atoms with E-state index in [-0.39, 0.29) is 23.8 Å². The number of amides is 2. The Bertz CT molecular complexity index is 648. The third-order valence-corrected chi connectivity index (χ3v) is 5.49. The zero-order chi connectivity index (χ0) is 18.5. The molecule has 142 valence electrons. The molecule has 0 bridgehead atoms. The molecule has 0 saturated carbocycles. The zero-order valence-corrected chi connectivity index (χ0v) is 15.6. The van der Waals surface area contributed by atoms with E-state index in [0.717, 1.165) is 38.8 Å². The molecule has 3 N–H and O–H groups in total. The van der Waals surface area contributed by atoms with Gasteiger partial charge in [-0.05, 0) is 37.3 Å². The molecule has 0 aromatic heterocycles. The van der Waals surface area contributed by atoms with Gasteiger partial charge >= 0.3 is 0 Å². The Kier molecular flexibility index (Phi) is 6.14. The number of anilines is 1. The number of para-hydroxylation sites is 1. The number of nitrogens with zero attached hydrogens (tertiary/aromatic N) is 2. The lowest BCUT2D eigenvalue weighted by Gasteiger charge is -2.31. The Balaban J connectivity index is 1.52. The summed E-state index contributed by atoms with van der Waals surface area (Å²) in [5.41, 5.74) is 8.71. The molecule has 2 amide bonds. The maximum Gasteiger partial charge on any atom is 0.224 e. The van der Waals surface area contributed by atoms with E-state index in [1.165, 1.54) is 11.3 Å². The van der Waals surface area contributed by atoms with Crippen LogP contribution in [0, 0.1) is 5.92 Å². The summed E-state index contributed by atoms with van der Waals surface area (Å²) in [4.78, 5) is 28.4. The first-order valence-electron chi connectivity index (χ1n) is 9.66. The molecule has 0 radical (unpaired) electrons. The summed E-state index contributed by atoms with van der Waals surface area (Å²) < 4.78 is 0. The molecule has 2 aliphatic heterocycles. The van der Waals surface area contributed by atoms with Crippen molar-refractivity contribution < 1.29 is 9.59 Å². The molecule has 2 heterocycles. The molecule has 26 heavy (non-hydrogen) atoms. The van der Waals surface area contributed by atoms with Gasteiger partial charge in [-0.25, -0.2) is 0 Å². The number of fused-ring (bicyclic) bond motifs is 1. The summed E-state index contributed by atoms with van der Waals surface area (Å²) in [7, 11) is 0. The van der Waals surface area contributed by atoms with Crippen molar-refractivity contribution in [3.8, 4) is 0 Å². The van der Waals surface area contributed by atoms with Gasteiger partial charge in [0.15, 0.2) is 0 Å². The highest BCUT2D eigenvalue weighted by Crippen LogP contribution is 2.26. The molecule has 1 saturated heterocycles. The summed E-state index contributed by atoms with van der Waals surface area (Å²) >= 11 is 0. The van der Waals surface area contributed by atoms with Gasteiger partial charge < -0.3 is 20.9 Å². The summed E-state index contributed by atoms with van der Waals surface area (Å²) in [6.45, 7) is 5.02. The van der Waals surface area contributed by atoms with Crippen molar-refractivity contribution in [2.45, 2.75) is 38.6 Å². The highest BCUT2D eigenvalue weighted by atomic mass is 16.2. The first kappa shape index (κ1) is 18.7. The van der Waals surface area contributed by atoms with Crippen LogP contribution >= 0.6 is 0 Å². The number of rotatable bonds is 4. The van der Waals surface area contributed by atoms with E-state index >= 15 is 0 Å². The van der Waals surface area contributed by atoms with E-state index < -0.39 is 0 Å². The summed E-state index contributed by atoms with van der Waals surface area (Å²) in [6.07, 6.45) is 3.80. The third-order valence-electron chi connectivity index (χ3n) is 5.49. The number of aryl methyl sites for hydroxylation is 1. The lowest BCUT2D eigenvalue weighted by atomic mass is 10.0. The fraction of sp³-hybridized carbons (Fsp3) is 0.600. The van der Waals surface area contributed by atoms with Gasteiger partial charge in [0.1, 0.15) is 0 Å². The highest BCUT2D eigenvalue weighted by Gasteiger charge is 2.28. The predicted octanol–water partition coefficient (Wildman–Crippen LogP) is 1.14. The minimum Gasteiger partial charge on any atom is -0.370 e. The van der Waals surface area contributed by atoms with E-state index in [1.54, 1.807) is 11.8 Å². The maximum atomic E-state index is 12.6. The van der Waals surface area contributed by atoms with E-state index in [4.69, 9.17) is 5.73 Å². The average molecular weight is 358 g/mol. The van der Waals surface area contributed by atoms with Crippen LogP contribution in [0.2, 0.25) is 0 Å². The second kappa shape index (κ2) is 8.54. The first-order valence-corrected chi connectivity index (χ1v) is 9.66. The first-order chi connectivity index (χ1) is 12.5. The SMILES string of the molecule is CC(=O)N1C[C@@H](N)CC[C@@H](C(=O)NCCN2CCCc3ccccc32)C1. The second-order valence-electron chi connectivity index (χ2n) is 7.47. The molecule has 1 fully saturated rings. The van der Waals surface area contributed by atoms with Crippen molar-refractivity contribution in [3.63, 3.8) is 0 Å². The van der Waals surface area contributed by atoms with E-state index in [9.17, 15) is 9.59 Å². The van der Waals surface area contributed by atoms with Crippen LogP contribution in [0.5, 0.6) is 0 Å². The van der Waals surface area contributed by atoms with Gasteiger partial charge in [0.25, 0.3) is 0 Å². The molecule has 2 atom stereocenters. The molecule has 1 aromatic carbocycles. The summed E-state index contributed by atoms with van der Waals surface area (Å²) in [5.74, 6) is -0.137. The lowest BCUT2D eigenvalue weighted by Crippen LogP contribution is -2.43.